The first-order valence-corrected chi connectivity index (χ1v) is 19.3. The van der Waals surface area contributed by atoms with Gasteiger partial charge in [-0.25, -0.2) is 0 Å². The van der Waals surface area contributed by atoms with Gasteiger partial charge in [-0.3, -0.25) is 0 Å². The standard InChI is InChI=1S/C53H42N2/c1-53(2)49-21-13-12-20-47(49)52-51(53)48-36-42(28-35-50(48)55(52)43-18-10-5-11-19-43)41-26-33-46(34-27-41)54(44-29-22-39(23-30-44)37-14-6-3-7-15-37)45-31-24-40(25-32-45)38-16-8-4-9-17-38/h3-36,51-52H,1-2H3. The molecule has 0 spiro atoms. The van der Waals surface area contributed by atoms with Gasteiger partial charge in [-0.2, -0.15) is 0 Å². The number of anilines is 5. The molecule has 0 saturated carbocycles. The summed E-state index contributed by atoms with van der Waals surface area (Å²) in [4.78, 5) is 4.95. The number of para-hydroxylation sites is 1. The fourth-order valence-electron chi connectivity index (χ4n) is 9.29. The quantitative estimate of drug-likeness (QED) is 0.163. The Balaban J connectivity index is 1.03. The van der Waals surface area contributed by atoms with E-state index in [0.717, 1.165) is 17.1 Å². The Hall–Kier alpha value is -6.64. The maximum atomic E-state index is 2.59. The van der Waals surface area contributed by atoms with E-state index in [1.807, 2.05) is 0 Å². The zero-order valence-electron chi connectivity index (χ0n) is 31.2. The third-order valence-electron chi connectivity index (χ3n) is 11.9. The minimum absolute atomic E-state index is 0.00532. The van der Waals surface area contributed by atoms with Crippen molar-refractivity contribution in [1.82, 2.24) is 0 Å². The second-order valence-electron chi connectivity index (χ2n) is 15.4. The van der Waals surface area contributed by atoms with Crippen LogP contribution in [0.15, 0.2) is 206 Å². The van der Waals surface area contributed by atoms with Crippen molar-refractivity contribution in [3.8, 4) is 33.4 Å². The van der Waals surface area contributed by atoms with Crippen LogP contribution in [0.4, 0.5) is 28.4 Å². The molecule has 0 N–H and O–H groups in total. The summed E-state index contributed by atoms with van der Waals surface area (Å²) in [6.07, 6.45) is 0. The van der Waals surface area contributed by atoms with Crippen LogP contribution in [0.5, 0.6) is 0 Å². The summed E-state index contributed by atoms with van der Waals surface area (Å²) in [5.41, 5.74) is 17.5. The summed E-state index contributed by atoms with van der Waals surface area (Å²) in [5.74, 6) is 0.340. The Labute approximate surface area is 324 Å². The predicted molar refractivity (Wildman–Crippen MR) is 231 cm³/mol. The molecule has 2 aliphatic rings. The molecule has 2 heteroatoms. The number of rotatable bonds is 7. The molecule has 1 aliphatic carbocycles. The maximum absolute atomic E-state index is 2.59. The topological polar surface area (TPSA) is 6.48 Å². The van der Waals surface area contributed by atoms with Gasteiger partial charge in [-0.1, -0.05) is 159 Å². The Morgan fingerprint density at radius 2 is 0.818 bits per heavy atom. The normalized spacial score (nSPS) is 16.3. The summed E-state index contributed by atoms with van der Waals surface area (Å²) in [5, 5.41) is 0. The van der Waals surface area contributed by atoms with Gasteiger partial charge in [-0.15, -0.1) is 0 Å². The van der Waals surface area contributed by atoms with Gasteiger partial charge < -0.3 is 9.80 Å². The van der Waals surface area contributed by atoms with Crippen LogP contribution in [0, 0.1) is 0 Å². The fourth-order valence-corrected chi connectivity index (χ4v) is 9.29. The number of hydrogen-bond donors (Lipinski definition) is 0. The molecule has 10 rings (SSSR count). The highest BCUT2D eigenvalue weighted by Gasteiger charge is 2.54. The van der Waals surface area contributed by atoms with Crippen LogP contribution in [-0.2, 0) is 5.41 Å². The SMILES string of the molecule is CC1(C)c2ccccc2C2C1c1cc(-c3ccc(N(c4ccc(-c5ccccc5)cc4)c4ccc(-c5ccccc5)cc4)cc3)ccc1N2c1ccccc1. The van der Waals surface area contributed by atoms with Gasteiger partial charge in [0.2, 0.25) is 0 Å². The van der Waals surface area contributed by atoms with E-state index in [0.29, 0.717) is 5.92 Å². The van der Waals surface area contributed by atoms with Gasteiger partial charge in [0, 0.05) is 34.4 Å². The van der Waals surface area contributed by atoms with Crippen molar-refractivity contribution in [1.29, 1.82) is 0 Å². The second kappa shape index (κ2) is 13.3. The molecule has 8 aromatic carbocycles. The minimum atomic E-state index is -0.00532. The first kappa shape index (κ1) is 33.0. The van der Waals surface area contributed by atoms with Crippen LogP contribution < -0.4 is 9.80 Å². The zero-order valence-corrected chi connectivity index (χ0v) is 31.2. The molecule has 1 heterocycles. The summed E-state index contributed by atoms with van der Waals surface area (Å²) in [6, 6.07) is 75.6. The molecule has 264 valence electrons. The van der Waals surface area contributed by atoms with E-state index >= 15 is 0 Å². The highest BCUT2D eigenvalue weighted by molar-refractivity contribution is 5.83. The molecule has 0 radical (unpaired) electrons. The maximum Gasteiger partial charge on any atom is 0.0672 e. The van der Waals surface area contributed by atoms with E-state index in [1.165, 1.54) is 61.4 Å². The molecule has 2 atom stereocenters. The summed E-state index contributed by atoms with van der Waals surface area (Å²) in [7, 11) is 0. The van der Waals surface area contributed by atoms with Crippen LogP contribution in [0.1, 0.15) is 42.5 Å². The van der Waals surface area contributed by atoms with Crippen LogP contribution >= 0.6 is 0 Å². The molecular formula is C53H42N2. The van der Waals surface area contributed by atoms with Gasteiger partial charge in [0.25, 0.3) is 0 Å². The summed E-state index contributed by atoms with van der Waals surface area (Å²) >= 11 is 0. The van der Waals surface area contributed by atoms with E-state index in [4.69, 9.17) is 0 Å². The van der Waals surface area contributed by atoms with Crippen LogP contribution in [-0.4, -0.2) is 0 Å². The second-order valence-corrected chi connectivity index (χ2v) is 15.4. The number of nitrogens with zero attached hydrogens (tertiary/aromatic N) is 2. The lowest BCUT2D eigenvalue weighted by Crippen LogP contribution is -2.25. The van der Waals surface area contributed by atoms with Crippen LogP contribution in [0.25, 0.3) is 33.4 Å². The highest BCUT2D eigenvalue weighted by atomic mass is 15.2. The van der Waals surface area contributed by atoms with Crippen molar-refractivity contribution >= 4 is 28.4 Å². The van der Waals surface area contributed by atoms with Crippen molar-refractivity contribution in [2.24, 2.45) is 0 Å². The van der Waals surface area contributed by atoms with Crippen molar-refractivity contribution in [2.75, 3.05) is 9.80 Å². The van der Waals surface area contributed by atoms with E-state index in [1.54, 1.807) is 0 Å². The minimum Gasteiger partial charge on any atom is -0.333 e. The monoisotopic (exact) mass is 706 g/mol. The van der Waals surface area contributed by atoms with Crippen molar-refractivity contribution in [3.63, 3.8) is 0 Å². The first-order valence-electron chi connectivity index (χ1n) is 19.3. The number of hydrogen-bond acceptors (Lipinski definition) is 2. The third-order valence-corrected chi connectivity index (χ3v) is 11.9. The van der Waals surface area contributed by atoms with E-state index in [9.17, 15) is 0 Å². The average molecular weight is 707 g/mol. The van der Waals surface area contributed by atoms with E-state index in [-0.39, 0.29) is 11.5 Å². The smallest absolute Gasteiger partial charge is 0.0672 e. The van der Waals surface area contributed by atoms with E-state index < -0.39 is 0 Å². The molecular weight excluding hydrogens is 665 g/mol. The van der Waals surface area contributed by atoms with E-state index in [2.05, 4.69) is 230 Å². The third kappa shape index (κ3) is 5.65. The van der Waals surface area contributed by atoms with Crippen molar-refractivity contribution in [3.05, 3.63) is 223 Å². The number of benzene rings is 8. The van der Waals surface area contributed by atoms with Crippen LogP contribution in [0.3, 0.4) is 0 Å². The van der Waals surface area contributed by atoms with Gasteiger partial charge in [0.05, 0.1) is 6.04 Å². The Kier molecular flexibility index (Phi) is 7.99. The number of fused-ring (bicyclic) bond motifs is 5. The zero-order chi connectivity index (χ0) is 36.9. The summed E-state index contributed by atoms with van der Waals surface area (Å²) in [6.45, 7) is 4.87. The molecule has 0 fully saturated rings. The van der Waals surface area contributed by atoms with Crippen molar-refractivity contribution in [2.45, 2.75) is 31.2 Å². The first-order chi connectivity index (χ1) is 27.0. The lowest BCUT2D eigenvalue weighted by molar-refractivity contribution is 0.420. The molecule has 0 bridgehead atoms. The van der Waals surface area contributed by atoms with Crippen molar-refractivity contribution < 1.29 is 0 Å². The molecule has 8 aromatic rings. The Morgan fingerprint density at radius 3 is 1.35 bits per heavy atom. The lowest BCUT2D eigenvalue weighted by Gasteiger charge is -2.30. The van der Waals surface area contributed by atoms with Crippen LogP contribution in [0.2, 0.25) is 0 Å². The van der Waals surface area contributed by atoms with Gasteiger partial charge in [-0.05, 0) is 116 Å². The Bertz CT molecular complexity index is 2510. The highest BCUT2D eigenvalue weighted by Crippen LogP contribution is 2.65. The van der Waals surface area contributed by atoms with Gasteiger partial charge in [0.15, 0.2) is 0 Å². The molecule has 0 aromatic heterocycles. The average Bonchev–Trinajstić information content (AvgIpc) is 3.72. The molecule has 0 saturated heterocycles. The lowest BCUT2D eigenvalue weighted by atomic mass is 9.74. The molecule has 2 nitrogen and oxygen atoms in total. The molecule has 1 aliphatic heterocycles. The van der Waals surface area contributed by atoms with Gasteiger partial charge in [0.1, 0.15) is 0 Å². The summed E-state index contributed by atoms with van der Waals surface area (Å²) < 4.78 is 0. The largest absolute Gasteiger partial charge is 0.333 e. The molecule has 0 amide bonds. The molecule has 2 unspecified atom stereocenters. The Morgan fingerprint density at radius 1 is 0.400 bits per heavy atom. The van der Waals surface area contributed by atoms with Gasteiger partial charge >= 0.3 is 0 Å². The molecule has 55 heavy (non-hydrogen) atoms. The fraction of sp³-hybridized carbons (Fsp3) is 0.0943. The predicted octanol–water partition coefficient (Wildman–Crippen LogP) is 14.4.